The largest absolute Gasteiger partial charge is 0.480 e. The minimum atomic E-state index is -0.766. The van der Waals surface area contributed by atoms with E-state index in [1.807, 2.05) is 45.0 Å². The van der Waals surface area contributed by atoms with Crippen molar-refractivity contribution in [3.05, 3.63) is 28.7 Å². The fourth-order valence-electron chi connectivity index (χ4n) is 1.27. The molecular formula is C12H15BrO2S. The molecule has 0 aliphatic carbocycles. The van der Waals surface area contributed by atoms with Crippen LogP contribution in [0, 0.1) is 5.41 Å². The van der Waals surface area contributed by atoms with Crippen LogP contribution in [0.5, 0.6) is 0 Å². The summed E-state index contributed by atoms with van der Waals surface area (Å²) in [5.74, 6) is -0.766. The van der Waals surface area contributed by atoms with E-state index in [1.54, 1.807) is 0 Å². The number of benzene rings is 1. The van der Waals surface area contributed by atoms with Crippen LogP contribution in [0.3, 0.4) is 0 Å². The van der Waals surface area contributed by atoms with Gasteiger partial charge in [0.15, 0.2) is 0 Å². The van der Waals surface area contributed by atoms with Crippen molar-refractivity contribution in [1.29, 1.82) is 0 Å². The Balaban J connectivity index is 2.89. The van der Waals surface area contributed by atoms with Gasteiger partial charge in [-0.1, -0.05) is 42.8 Å². The van der Waals surface area contributed by atoms with Crippen LogP contribution in [-0.4, -0.2) is 16.3 Å². The monoisotopic (exact) mass is 302 g/mol. The van der Waals surface area contributed by atoms with Crippen LogP contribution in [0.4, 0.5) is 0 Å². The summed E-state index contributed by atoms with van der Waals surface area (Å²) in [7, 11) is 0. The summed E-state index contributed by atoms with van der Waals surface area (Å²) in [4.78, 5) is 12.2. The van der Waals surface area contributed by atoms with E-state index in [-0.39, 0.29) is 5.41 Å². The van der Waals surface area contributed by atoms with Crippen LogP contribution in [0.15, 0.2) is 33.6 Å². The lowest BCUT2D eigenvalue weighted by Gasteiger charge is -2.26. The van der Waals surface area contributed by atoms with Gasteiger partial charge in [0.05, 0.1) is 0 Å². The maximum absolute atomic E-state index is 11.2. The molecule has 2 nitrogen and oxygen atoms in total. The maximum Gasteiger partial charge on any atom is 0.317 e. The smallest absolute Gasteiger partial charge is 0.317 e. The van der Waals surface area contributed by atoms with Crippen molar-refractivity contribution < 1.29 is 9.90 Å². The lowest BCUT2D eigenvalue weighted by molar-refractivity contribution is -0.138. The van der Waals surface area contributed by atoms with E-state index < -0.39 is 11.2 Å². The molecule has 0 aliphatic heterocycles. The zero-order valence-electron chi connectivity index (χ0n) is 9.53. The van der Waals surface area contributed by atoms with Crippen molar-refractivity contribution in [3.63, 3.8) is 0 Å². The van der Waals surface area contributed by atoms with Crippen molar-refractivity contribution in [2.24, 2.45) is 5.41 Å². The molecule has 1 unspecified atom stereocenters. The molecule has 1 aromatic rings. The first kappa shape index (κ1) is 13.6. The number of thioether (sulfide) groups is 1. The van der Waals surface area contributed by atoms with Gasteiger partial charge in [0.25, 0.3) is 0 Å². The first-order valence-corrected chi connectivity index (χ1v) is 6.63. The maximum atomic E-state index is 11.2. The molecule has 0 amide bonds. The van der Waals surface area contributed by atoms with Crippen LogP contribution in [0.1, 0.15) is 20.8 Å². The summed E-state index contributed by atoms with van der Waals surface area (Å²) in [6, 6.07) is 7.70. The molecule has 1 atom stereocenters. The van der Waals surface area contributed by atoms with Gasteiger partial charge in [-0.05, 0) is 23.6 Å². The molecule has 1 rings (SSSR count). The molecule has 1 aromatic carbocycles. The number of halogens is 1. The second kappa shape index (κ2) is 5.23. The second-order valence-electron chi connectivity index (χ2n) is 4.66. The van der Waals surface area contributed by atoms with Crippen molar-refractivity contribution in [3.8, 4) is 0 Å². The lowest BCUT2D eigenvalue weighted by atomic mass is 9.92. The number of hydrogen-bond acceptors (Lipinski definition) is 2. The molecule has 16 heavy (non-hydrogen) atoms. The van der Waals surface area contributed by atoms with Crippen molar-refractivity contribution in [1.82, 2.24) is 0 Å². The van der Waals surface area contributed by atoms with Crippen molar-refractivity contribution in [2.45, 2.75) is 30.9 Å². The summed E-state index contributed by atoms with van der Waals surface area (Å²) in [5.41, 5.74) is -0.265. The molecule has 1 N–H and O–H groups in total. The Bertz CT molecular complexity index is 385. The fourth-order valence-corrected chi connectivity index (χ4v) is 2.90. The van der Waals surface area contributed by atoms with E-state index in [0.29, 0.717) is 0 Å². The molecule has 0 saturated heterocycles. The minimum absolute atomic E-state index is 0.265. The third-order valence-corrected chi connectivity index (χ3v) is 4.22. The molecule has 0 bridgehead atoms. The van der Waals surface area contributed by atoms with E-state index in [1.165, 1.54) is 11.8 Å². The molecule has 0 radical (unpaired) electrons. The Morgan fingerprint density at radius 1 is 1.44 bits per heavy atom. The number of rotatable bonds is 3. The average Bonchev–Trinajstić information content (AvgIpc) is 2.12. The SMILES string of the molecule is CC(C)(C)C(Sc1cccc(Br)c1)C(=O)O. The van der Waals surface area contributed by atoms with E-state index in [0.717, 1.165) is 9.37 Å². The predicted octanol–water partition coefficient (Wildman–Crippen LogP) is 4.04. The number of aliphatic carboxylic acids is 1. The Labute approximate surface area is 109 Å². The van der Waals surface area contributed by atoms with Crippen LogP contribution in [0.2, 0.25) is 0 Å². The van der Waals surface area contributed by atoms with Gasteiger partial charge in [-0.15, -0.1) is 11.8 Å². The molecule has 0 fully saturated rings. The van der Waals surface area contributed by atoms with E-state index in [2.05, 4.69) is 15.9 Å². The summed E-state index contributed by atoms with van der Waals surface area (Å²) in [6.45, 7) is 5.82. The number of carbonyl (C=O) groups is 1. The van der Waals surface area contributed by atoms with Gasteiger partial charge >= 0.3 is 5.97 Å². The normalized spacial score (nSPS) is 13.5. The zero-order chi connectivity index (χ0) is 12.3. The first-order chi connectivity index (χ1) is 7.30. The molecule has 0 heterocycles. The van der Waals surface area contributed by atoms with Crippen LogP contribution in [-0.2, 0) is 4.79 Å². The van der Waals surface area contributed by atoms with E-state index in [4.69, 9.17) is 0 Å². The topological polar surface area (TPSA) is 37.3 Å². The molecule has 4 heteroatoms. The van der Waals surface area contributed by atoms with Crippen LogP contribution < -0.4 is 0 Å². The van der Waals surface area contributed by atoms with Gasteiger partial charge in [0.1, 0.15) is 5.25 Å². The van der Waals surface area contributed by atoms with Gasteiger partial charge in [-0.25, -0.2) is 0 Å². The van der Waals surface area contributed by atoms with Gasteiger partial charge in [0, 0.05) is 9.37 Å². The van der Waals surface area contributed by atoms with Gasteiger partial charge in [-0.3, -0.25) is 4.79 Å². The van der Waals surface area contributed by atoms with Crippen LogP contribution >= 0.6 is 27.7 Å². The Hall–Kier alpha value is -0.480. The molecular weight excluding hydrogens is 288 g/mol. The van der Waals surface area contributed by atoms with Crippen LogP contribution in [0.25, 0.3) is 0 Å². The number of hydrogen-bond donors (Lipinski definition) is 1. The molecule has 0 saturated carbocycles. The zero-order valence-corrected chi connectivity index (χ0v) is 11.9. The molecule has 0 spiro atoms. The molecule has 88 valence electrons. The standard InChI is InChI=1S/C12H15BrO2S/c1-12(2,3)10(11(14)15)16-9-6-4-5-8(13)7-9/h4-7,10H,1-3H3,(H,14,15). The van der Waals surface area contributed by atoms with Gasteiger partial charge in [0.2, 0.25) is 0 Å². The average molecular weight is 303 g/mol. The lowest BCUT2D eigenvalue weighted by Crippen LogP contribution is -2.31. The third kappa shape index (κ3) is 3.83. The molecule has 0 aliphatic rings. The second-order valence-corrected chi connectivity index (χ2v) is 6.75. The van der Waals surface area contributed by atoms with E-state index in [9.17, 15) is 9.90 Å². The Kier molecular flexibility index (Phi) is 4.44. The summed E-state index contributed by atoms with van der Waals surface area (Å²) in [6.07, 6.45) is 0. The van der Waals surface area contributed by atoms with E-state index >= 15 is 0 Å². The summed E-state index contributed by atoms with van der Waals surface area (Å²) < 4.78 is 0.968. The Morgan fingerprint density at radius 3 is 2.50 bits per heavy atom. The highest BCUT2D eigenvalue weighted by molar-refractivity contribution is 9.10. The van der Waals surface area contributed by atoms with Gasteiger partial charge < -0.3 is 5.11 Å². The highest BCUT2D eigenvalue weighted by Gasteiger charge is 2.32. The molecule has 0 aromatic heterocycles. The summed E-state index contributed by atoms with van der Waals surface area (Å²) >= 11 is 4.77. The van der Waals surface area contributed by atoms with Gasteiger partial charge in [-0.2, -0.15) is 0 Å². The quantitative estimate of drug-likeness (QED) is 0.856. The minimum Gasteiger partial charge on any atom is -0.480 e. The number of carboxylic acid groups (broad SMARTS) is 1. The highest BCUT2D eigenvalue weighted by Crippen LogP contribution is 2.36. The fraction of sp³-hybridized carbons (Fsp3) is 0.417. The Morgan fingerprint density at radius 2 is 2.06 bits per heavy atom. The van der Waals surface area contributed by atoms with Crippen molar-refractivity contribution >= 4 is 33.7 Å². The highest BCUT2D eigenvalue weighted by atomic mass is 79.9. The number of carboxylic acids is 1. The summed E-state index contributed by atoms with van der Waals surface area (Å²) in [5, 5.41) is 8.76. The first-order valence-electron chi connectivity index (χ1n) is 4.96. The third-order valence-electron chi connectivity index (χ3n) is 2.06. The predicted molar refractivity (Wildman–Crippen MR) is 70.9 cm³/mol. The van der Waals surface area contributed by atoms with Crippen molar-refractivity contribution in [2.75, 3.05) is 0 Å².